The van der Waals surface area contributed by atoms with E-state index in [0.717, 1.165) is 12.6 Å². The van der Waals surface area contributed by atoms with Crippen molar-refractivity contribution in [2.45, 2.75) is 52.5 Å². The highest BCUT2D eigenvalue weighted by atomic mass is 19.4. The molecule has 0 saturated heterocycles. The predicted molar refractivity (Wildman–Crippen MR) is 158 cm³/mol. The summed E-state index contributed by atoms with van der Waals surface area (Å²) in [5.74, 6) is 2.28. The Kier molecular flexibility index (Phi) is 9.56. The first-order valence-electron chi connectivity index (χ1n) is 13.8. The molecule has 226 valence electrons. The number of ether oxygens (including phenoxy) is 4. The lowest BCUT2D eigenvalue weighted by Crippen LogP contribution is -2.39. The van der Waals surface area contributed by atoms with Crippen LogP contribution in [0.15, 0.2) is 54.6 Å². The van der Waals surface area contributed by atoms with Crippen molar-refractivity contribution in [1.29, 1.82) is 0 Å². The van der Waals surface area contributed by atoms with Crippen LogP contribution in [-0.4, -0.2) is 61.0 Å². The van der Waals surface area contributed by atoms with Gasteiger partial charge in [-0.15, -0.1) is 0 Å². The van der Waals surface area contributed by atoms with Crippen molar-refractivity contribution in [2.75, 3.05) is 34.5 Å². The number of hydrogen-bond donors (Lipinski definition) is 0. The molecule has 0 fully saturated rings. The third-order valence-corrected chi connectivity index (χ3v) is 7.24. The molecule has 0 radical (unpaired) electrons. The van der Waals surface area contributed by atoms with Crippen LogP contribution in [0.3, 0.4) is 0 Å². The summed E-state index contributed by atoms with van der Waals surface area (Å²) in [6.07, 6.45) is -4.51. The standard InChI is InChI=1S/C32H38F3N3O4/c1-20(2)37(21(3)4)14-15-42-24-12-13-26-27(18-24)38(19-22-10-8-9-11-25(22)32(33,34)35)31(36-26)23-16-28(39-5)30(41-7)29(17-23)40-6/h8-13,16-18,20-21H,14-15,19H2,1-7H3. The van der Waals surface area contributed by atoms with Crippen molar-refractivity contribution in [3.63, 3.8) is 0 Å². The molecule has 4 aromatic rings. The zero-order valence-corrected chi connectivity index (χ0v) is 25.1. The van der Waals surface area contributed by atoms with Gasteiger partial charge in [0.05, 0.1) is 44.5 Å². The first-order chi connectivity index (χ1) is 20.0. The Morgan fingerprint density at radius 3 is 2.07 bits per heavy atom. The maximum atomic E-state index is 14.0. The maximum Gasteiger partial charge on any atom is 0.416 e. The number of methoxy groups -OCH3 is 3. The van der Waals surface area contributed by atoms with Gasteiger partial charge in [-0.05, 0) is 63.6 Å². The second kappa shape index (κ2) is 12.9. The summed E-state index contributed by atoms with van der Waals surface area (Å²) in [6, 6.07) is 15.3. The normalized spacial score (nSPS) is 12.0. The molecule has 0 atom stereocenters. The molecule has 0 aliphatic rings. The largest absolute Gasteiger partial charge is 0.493 e. The van der Waals surface area contributed by atoms with Crippen LogP contribution in [0.5, 0.6) is 23.0 Å². The molecule has 10 heteroatoms. The fourth-order valence-corrected chi connectivity index (χ4v) is 5.27. The maximum absolute atomic E-state index is 14.0. The quantitative estimate of drug-likeness (QED) is 0.174. The summed E-state index contributed by atoms with van der Waals surface area (Å²) in [7, 11) is 4.52. The number of alkyl halides is 3. The monoisotopic (exact) mass is 585 g/mol. The highest BCUT2D eigenvalue weighted by molar-refractivity contribution is 5.83. The molecule has 0 bridgehead atoms. The molecule has 0 amide bonds. The molecule has 0 aliphatic heterocycles. The van der Waals surface area contributed by atoms with E-state index in [1.165, 1.54) is 33.5 Å². The summed E-state index contributed by atoms with van der Waals surface area (Å²) in [5.41, 5.74) is 1.27. The minimum Gasteiger partial charge on any atom is -0.493 e. The molecule has 0 N–H and O–H groups in total. The second-order valence-corrected chi connectivity index (χ2v) is 10.5. The van der Waals surface area contributed by atoms with E-state index in [2.05, 4.69) is 32.6 Å². The number of rotatable bonds is 12. The van der Waals surface area contributed by atoms with Gasteiger partial charge in [0.1, 0.15) is 18.2 Å². The zero-order chi connectivity index (χ0) is 30.6. The minimum atomic E-state index is -4.51. The van der Waals surface area contributed by atoms with E-state index < -0.39 is 11.7 Å². The first-order valence-corrected chi connectivity index (χ1v) is 13.8. The molecule has 1 aromatic heterocycles. The van der Waals surface area contributed by atoms with Gasteiger partial charge in [-0.2, -0.15) is 13.2 Å². The van der Waals surface area contributed by atoms with Gasteiger partial charge in [-0.25, -0.2) is 4.98 Å². The van der Waals surface area contributed by atoms with E-state index >= 15 is 0 Å². The number of aromatic nitrogens is 2. The summed E-state index contributed by atoms with van der Waals surface area (Å²) in [6.45, 7) is 9.72. The van der Waals surface area contributed by atoms with Crippen molar-refractivity contribution < 1.29 is 32.1 Å². The number of benzene rings is 3. The Morgan fingerprint density at radius 1 is 0.857 bits per heavy atom. The van der Waals surface area contributed by atoms with Gasteiger partial charge in [0.15, 0.2) is 11.5 Å². The van der Waals surface area contributed by atoms with Gasteiger partial charge in [-0.3, -0.25) is 4.90 Å². The van der Waals surface area contributed by atoms with E-state index in [1.807, 2.05) is 18.2 Å². The van der Waals surface area contributed by atoms with E-state index in [1.54, 1.807) is 22.8 Å². The smallest absolute Gasteiger partial charge is 0.416 e. The molecule has 1 heterocycles. The highest BCUT2D eigenvalue weighted by Gasteiger charge is 2.33. The Labute approximate surface area is 244 Å². The van der Waals surface area contributed by atoms with Gasteiger partial charge in [0.25, 0.3) is 0 Å². The van der Waals surface area contributed by atoms with Crippen LogP contribution in [0.1, 0.15) is 38.8 Å². The Bertz CT molecular complexity index is 1480. The van der Waals surface area contributed by atoms with E-state index in [0.29, 0.717) is 64.1 Å². The molecular formula is C32H38F3N3O4. The summed E-state index contributed by atoms with van der Waals surface area (Å²) < 4.78 is 66.4. The summed E-state index contributed by atoms with van der Waals surface area (Å²) >= 11 is 0. The number of nitrogens with zero attached hydrogens (tertiary/aromatic N) is 3. The average molecular weight is 586 g/mol. The molecular weight excluding hydrogens is 547 g/mol. The average Bonchev–Trinajstić information content (AvgIpc) is 3.31. The summed E-state index contributed by atoms with van der Waals surface area (Å²) in [5, 5.41) is 0. The third-order valence-electron chi connectivity index (χ3n) is 7.24. The van der Waals surface area contributed by atoms with Crippen LogP contribution in [-0.2, 0) is 12.7 Å². The van der Waals surface area contributed by atoms with Gasteiger partial charge in [-0.1, -0.05) is 18.2 Å². The van der Waals surface area contributed by atoms with Crippen LogP contribution in [0, 0.1) is 0 Å². The van der Waals surface area contributed by atoms with Crippen molar-refractivity contribution in [3.05, 3.63) is 65.7 Å². The number of hydrogen-bond acceptors (Lipinski definition) is 6. The molecule has 0 saturated carbocycles. The van der Waals surface area contributed by atoms with Crippen LogP contribution >= 0.6 is 0 Å². The van der Waals surface area contributed by atoms with Crippen molar-refractivity contribution in [1.82, 2.24) is 14.5 Å². The fraction of sp³-hybridized carbons (Fsp3) is 0.406. The minimum absolute atomic E-state index is 0.0733. The molecule has 0 unspecified atom stereocenters. The lowest BCUT2D eigenvalue weighted by atomic mass is 10.1. The van der Waals surface area contributed by atoms with E-state index in [-0.39, 0.29) is 12.1 Å². The lowest BCUT2D eigenvalue weighted by molar-refractivity contribution is -0.138. The first kappa shape index (κ1) is 31.0. The second-order valence-electron chi connectivity index (χ2n) is 10.5. The number of fused-ring (bicyclic) bond motifs is 1. The SMILES string of the molecule is COc1cc(-c2nc3ccc(OCCN(C(C)C)C(C)C)cc3n2Cc2ccccc2C(F)(F)F)cc(OC)c1OC. The predicted octanol–water partition coefficient (Wildman–Crippen LogP) is 7.29. The molecule has 4 rings (SSSR count). The fourth-order valence-electron chi connectivity index (χ4n) is 5.27. The highest BCUT2D eigenvalue weighted by Crippen LogP contribution is 2.42. The third kappa shape index (κ3) is 6.59. The molecule has 0 aliphatic carbocycles. The molecule has 7 nitrogen and oxygen atoms in total. The topological polar surface area (TPSA) is 58.0 Å². The Hall–Kier alpha value is -3.92. The van der Waals surface area contributed by atoms with Crippen molar-refractivity contribution in [3.8, 4) is 34.4 Å². The Morgan fingerprint density at radius 2 is 1.50 bits per heavy atom. The van der Waals surface area contributed by atoms with Crippen molar-refractivity contribution in [2.24, 2.45) is 0 Å². The Balaban J connectivity index is 1.83. The van der Waals surface area contributed by atoms with Gasteiger partial charge in [0, 0.05) is 30.3 Å². The molecule has 3 aromatic carbocycles. The van der Waals surface area contributed by atoms with Crippen LogP contribution in [0.25, 0.3) is 22.4 Å². The van der Waals surface area contributed by atoms with Gasteiger partial charge >= 0.3 is 6.18 Å². The van der Waals surface area contributed by atoms with E-state index in [4.69, 9.17) is 23.9 Å². The van der Waals surface area contributed by atoms with E-state index in [9.17, 15) is 13.2 Å². The van der Waals surface area contributed by atoms with Crippen LogP contribution in [0.2, 0.25) is 0 Å². The van der Waals surface area contributed by atoms with Gasteiger partial charge in [0.2, 0.25) is 5.75 Å². The number of imidazole rings is 1. The molecule has 0 spiro atoms. The lowest BCUT2D eigenvalue weighted by Gasteiger charge is -2.30. The van der Waals surface area contributed by atoms with Crippen LogP contribution in [0.4, 0.5) is 13.2 Å². The zero-order valence-electron chi connectivity index (χ0n) is 25.1. The number of halogens is 3. The van der Waals surface area contributed by atoms with Crippen molar-refractivity contribution >= 4 is 11.0 Å². The van der Waals surface area contributed by atoms with Gasteiger partial charge < -0.3 is 23.5 Å². The van der Waals surface area contributed by atoms with Crippen LogP contribution < -0.4 is 18.9 Å². The summed E-state index contributed by atoms with van der Waals surface area (Å²) in [4.78, 5) is 7.17. The molecule has 42 heavy (non-hydrogen) atoms.